The first-order valence-electron chi connectivity index (χ1n) is 5.08. The summed E-state index contributed by atoms with van der Waals surface area (Å²) in [7, 11) is 0. The first-order chi connectivity index (χ1) is 6.66. The molecule has 1 fully saturated rings. The summed E-state index contributed by atoms with van der Waals surface area (Å²) in [6.45, 7) is 2.06. The highest BCUT2D eigenvalue weighted by molar-refractivity contribution is 5.88. The molecule has 0 unspecified atom stereocenters. The number of aliphatic hydroxyl groups is 1. The van der Waals surface area contributed by atoms with E-state index in [1.807, 2.05) is 0 Å². The van der Waals surface area contributed by atoms with Crippen LogP contribution in [0.1, 0.15) is 39.0 Å². The SMILES string of the molecule is CCOC(=O)C#CC1(O)CCCCC1. The molecule has 0 aromatic rings. The lowest BCUT2D eigenvalue weighted by Gasteiger charge is -2.26. The third-order valence-corrected chi connectivity index (χ3v) is 2.35. The lowest BCUT2D eigenvalue weighted by Crippen LogP contribution is -2.29. The van der Waals surface area contributed by atoms with Crippen LogP contribution in [0.15, 0.2) is 0 Å². The van der Waals surface area contributed by atoms with Gasteiger partial charge in [-0.2, -0.15) is 0 Å². The maximum atomic E-state index is 10.9. The largest absolute Gasteiger partial charge is 0.456 e. The molecule has 0 atom stereocenters. The van der Waals surface area contributed by atoms with Crippen molar-refractivity contribution in [3.63, 3.8) is 0 Å². The van der Waals surface area contributed by atoms with Gasteiger partial charge in [-0.05, 0) is 32.6 Å². The van der Waals surface area contributed by atoms with E-state index in [-0.39, 0.29) is 0 Å². The fourth-order valence-corrected chi connectivity index (χ4v) is 1.60. The zero-order valence-corrected chi connectivity index (χ0v) is 8.51. The molecule has 78 valence electrons. The molecule has 3 nitrogen and oxygen atoms in total. The Hall–Kier alpha value is -1.01. The van der Waals surface area contributed by atoms with E-state index in [1.165, 1.54) is 0 Å². The molecule has 0 spiro atoms. The van der Waals surface area contributed by atoms with Crippen molar-refractivity contribution >= 4 is 5.97 Å². The average Bonchev–Trinajstić information content (AvgIpc) is 2.17. The summed E-state index contributed by atoms with van der Waals surface area (Å²) in [5.74, 6) is 4.40. The minimum atomic E-state index is -0.953. The van der Waals surface area contributed by atoms with E-state index in [9.17, 15) is 9.90 Å². The van der Waals surface area contributed by atoms with E-state index >= 15 is 0 Å². The number of ether oxygens (including phenoxy) is 1. The van der Waals surface area contributed by atoms with Gasteiger partial charge in [0.25, 0.3) is 0 Å². The van der Waals surface area contributed by atoms with Gasteiger partial charge in [-0.15, -0.1) is 0 Å². The molecular weight excluding hydrogens is 180 g/mol. The van der Waals surface area contributed by atoms with Gasteiger partial charge in [-0.25, -0.2) is 4.79 Å². The van der Waals surface area contributed by atoms with Crippen LogP contribution in [0.4, 0.5) is 0 Å². The summed E-state index contributed by atoms with van der Waals surface area (Å²) in [6.07, 6.45) is 4.43. The Labute approximate surface area is 84.5 Å². The van der Waals surface area contributed by atoms with Crippen molar-refractivity contribution in [2.24, 2.45) is 0 Å². The second-order valence-corrected chi connectivity index (χ2v) is 3.56. The van der Waals surface area contributed by atoms with Crippen molar-refractivity contribution in [1.29, 1.82) is 0 Å². The zero-order chi connectivity index (χ0) is 10.4. The van der Waals surface area contributed by atoms with Crippen LogP contribution < -0.4 is 0 Å². The number of rotatable bonds is 1. The predicted octanol–water partition coefficient (Wildman–Crippen LogP) is 1.25. The molecule has 0 aromatic carbocycles. The van der Waals surface area contributed by atoms with E-state index < -0.39 is 11.6 Å². The first kappa shape index (κ1) is 11.1. The maximum absolute atomic E-state index is 10.9. The van der Waals surface area contributed by atoms with Gasteiger partial charge in [0.2, 0.25) is 0 Å². The van der Waals surface area contributed by atoms with Gasteiger partial charge in [0.15, 0.2) is 0 Å². The Morgan fingerprint density at radius 3 is 2.64 bits per heavy atom. The van der Waals surface area contributed by atoms with Crippen LogP contribution >= 0.6 is 0 Å². The van der Waals surface area contributed by atoms with Crippen molar-refractivity contribution in [1.82, 2.24) is 0 Å². The molecule has 1 aliphatic carbocycles. The number of carbonyl (C=O) groups excluding carboxylic acids is 1. The molecule has 0 bridgehead atoms. The van der Waals surface area contributed by atoms with Crippen LogP contribution in [0, 0.1) is 11.8 Å². The molecule has 3 heteroatoms. The average molecular weight is 196 g/mol. The van der Waals surface area contributed by atoms with Gasteiger partial charge in [0, 0.05) is 5.92 Å². The van der Waals surface area contributed by atoms with E-state index in [0.29, 0.717) is 19.4 Å². The zero-order valence-electron chi connectivity index (χ0n) is 8.51. The van der Waals surface area contributed by atoms with Crippen LogP contribution in [0.25, 0.3) is 0 Å². The number of esters is 1. The van der Waals surface area contributed by atoms with Crippen molar-refractivity contribution < 1.29 is 14.6 Å². The van der Waals surface area contributed by atoms with Gasteiger partial charge in [-0.3, -0.25) is 0 Å². The van der Waals surface area contributed by atoms with E-state index in [4.69, 9.17) is 0 Å². The van der Waals surface area contributed by atoms with E-state index in [1.54, 1.807) is 6.92 Å². The summed E-state index contributed by atoms with van der Waals surface area (Å²) in [4.78, 5) is 10.9. The molecule has 0 aliphatic heterocycles. The van der Waals surface area contributed by atoms with Crippen LogP contribution in [-0.4, -0.2) is 23.3 Å². The molecule has 1 N–H and O–H groups in total. The fraction of sp³-hybridized carbons (Fsp3) is 0.727. The van der Waals surface area contributed by atoms with Gasteiger partial charge in [-0.1, -0.05) is 12.3 Å². The van der Waals surface area contributed by atoms with Crippen molar-refractivity contribution in [3.05, 3.63) is 0 Å². The normalized spacial score (nSPS) is 19.3. The summed E-state index contributed by atoms with van der Waals surface area (Å²) in [5, 5.41) is 9.91. The molecular formula is C11H16O3. The highest BCUT2D eigenvalue weighted by Crippen LogP contribution is 2.26. The molecule has 0 amide bonds. The molecule has 0 radical (unpaired) electrons. The third kappa shape index (κ3) is 3.39. The maximum Gasteiger partial charge on any atom is 0.384 e. The fourth-order valence-electron chi connectivity index (χ4n) is 1.60. The van der Waals surface area contributed by atoms with Gasteiger partial charge < -0.3 is 9.84 Å². The van der Waals surface area contributed by atoms with E-state index in [2.05, 4.69) is 16.6 Å². The van der Waals surface area contributed by atoms with Crippen molar-refractivity contribution in [2.75, 3.05) is 6.61 Å². The van der Waals surface area contributed by atoms with E-state index in [0.717, 1.165) is 19.3 Å². The minimum Gasteiger partial charge on any atom is -0.456 e. The van der Waals surface area contributed by atoms with Gasteiger partial charge in [0.05, 0.1) is 6.61 Å². The Balaban J connectivity index is 2.51. The van der Waals surface area contributed by atoms with Crippen molar-refractivity contribution in [2.45, 2.75) is 44.6 Å². The van der Waals surface area contributed by atoms with Gasteiger partial charge in [0.1, 0.15) is 5.60 Å². The standard InChI is InChI=1S/C11H16O3/c1-2-14-10(12)6-9-11(13)7-4-3-5-8-11/h13H,2-5,7-8H2,1H3. The molecule has 0 heterocycles. The lowest BCUT2D eigenvalue weighted by atomic mass is 9.85. The summed E-state index contributed by atoms with van der Waals surface area (Å²) in [5.41, 5.74) is -0.953. The van der Waals surface area contributed by atoms with Crippen molar-refractivity contribution in [3.8, 4) is 11.8 Å². The highest BCUT2D eigenvalue weighted by Gasteiger charge is 2.26. The lowest BCUT2D eigenvalue weighted by molar-refractivity contribution is -0.136. The molecule has 0 aromatic heterocycles. The monoisotopic (exact) mass is 196 g/mol. The first-order valence-corrected chi connectivity index (χ1v) is 5.08. The topological polar surface area (TPSA) is 46.5 Å². The number of hydrogen-bond donors (Lipinski definition) is 1. The Kier molecular flexibility index (Phi) is 3.97. The Bertz CT molecular complexity index is 253. The summed E-state index contributed by atoms with van der Waals surface area (Å²) >= 11 is 0. The second-order valence-electron chi connectivity index (χ2n) is 3.56. The number of hydrogen-bond acceptors (Lipinski definition) is 3. The van der Waals surface area contributed by atoms with Crippen LogP contribution in [0.5, 0.6) is 0 Å². The second kappa shape index (κ2) is 5.02. The molecule has 1 aliphatic rings. The van der Waals surface area contributed by atoms with Gasteiger partial charge >= 0.3 is 5.97 Å². The van der Waals surface area contributed by atoms with Crippen LogP contribution in [0.3, 0.4) is 0 Å². The Morgan fingerprint density at radius 2 is 2.07 bits per heavy atom. The van der Waals surface area contributed by atoms with Crippen LogP contribution in [0.2, 0.25) is 0 Å². The summed E-state index contributed by atoms with van der Waals surface area (Å²) in [6, 6.07) is 0. The molecule has 1 rings (SSSR count). The minimum absolute atomic E-state index is 0.325. The molecule has 0 saturated heterocycles. The predicted molar refractivity (Wildman–Crippen MR) is 52.4 cm³/mol. The number of carbonyl (C=O) groups is 1. The van der Waals surface area contributed by atoms with Crippen LogP contribution in [-0.2, 0) is 9.53 Å². The smallest absolute Gasteiger partial charge is 0.384 e. The third-order valence-electron chi connectivity index (χ3n) is 2.35. The Morgan fingerprint density at radius 1 is 1.43 bits per heavy atom. The quantitative estimate of drug-likeness (QED) is 0.390. The highest BCUT2D eigenvalue weighted by atomic mass is 16.5. The molecule has 14 heavy (non-hydrogen) atoms. The molecule has 1 saturated carbocycles. The summed E-state index contributed by atoms with van der Waals surface area (Å²) < 4.78 is 4.65.